The molecule has 2 atom stereocenters. The molecule has 1 saturated heterocycles. The Hall–Kier alpha value is -3.56. The van der Waals surface area contributed by atoms with E-state index in [9.17, 15) is 4.79 Å². The largest absolute Gasteiger partial charge is 0.496 e. The van der Waals surface area contributed by atoms with Crippen LogP contribution in [0.5, 0.6) is 5.75 Å². The first-order chi connectivity index (χ1) is 18.5. The van der Waals surface area contributed by atoms with E-state index < -0.39 is 0 Å². The number of aromatic nitrogens is 5. The van der Waals surface area contributed by atoms with Gasteiger partial charge in [-0.1, -0.05) is 36.8 Å². The van der Waals surface area contributed by atoms with Crippen LogP contribution in [-0.4, -0.2) is 49.9 Å². The number of fused-ring (bicyclic) bond motifs is 1. The fourth-order valence-electron chi connectivity index (χ4n) is 5.56. The van der Waals surface area contributed by atoms with Gasteiger partial charge in [0.1, 0.15) is 5.75 Å². The van der Waals surface area contributed by atoms with E-state index in [1.165, 1.54) is 5.56 Å². The minimum Gasteiger partial charge on any atom is -0.496 e. The SMILES string of the molecule is CC[C@H](c1nnnn1C[C@@H]1CCCO1)N(Cc1ccccc1OC)Cc1cc2cc(C)cc(C)c2[nH]c1=O. The van der Waals surface area contributed by atoms with Crippen molar-refractivity contribution in [2.75, 3.05) is 13.7 Å². The molecule has 0 saturated carbocycles. The zero-order chi connectivity index (χ0) is 26.6. The Morgan fingerprint density at radius 3 is 2.76 bits per heavy atom. The number of aromatic amines is 1. The third kappa shape index (κ3) is 5.49. The number of methoxy groups -OCH3 is 1. The van der Waals surface area contributed by atoms with Crippen LogP contribution in [-0.2, 0) is 24.4 Å². The highest BCUT2D eigenvalue weighted by Crippen LogP contribution is 2.30. The molecule has 0 amide bonds. The average Bonchev–Trinajstić information content (AvgIpc) is 3.59. The highest BCUT2D eigenvalue weighted by atomic mass is 16.5. The summed E-state index contributed by atoms with van der Waals surface area (Å²) in [4.78, 5) is 18.7. The van der Waals surface area contributed by atoms with Gasteiger partial charge in [0.2, 0.25) is 0 Å². The van der Waals surface area contributed by atoms with Crippen molar-refractivity contribution < 1.29 is 9.47 Å². The van der Waals surface area contributed by atoms with E-state index in [-0.39, 0.29) is 17.7 Å². The second kappa shape index (κ2) is 11.4. The van der Waals surface area contributed by atoms with E-state index in [0.29, 0.717) is 25.2 Å². The normalized spacial score (nSPS) is 16.4. The second-order valence-corrected chi connectivity index (χ2v) is 10.2. The summed E-state index contributed by atoms with van der Waals surface area (Å²) in [5, 5.41) is 13.8. The first-order valence-electron chi connectivity index (χ1n) is 13.3. The van der Waals surface area contributed by atoms with Crippen molar-refractivity contribution in [1.29, 1.82) is 0 Å². The van der Waals surface area contributed by atoms with Crippen molar-refractivity contribution in [2.45, 2.75) is 71.8 Å². The molecule has 0 radical (unpaired) electrons. The number of benzene rings is 2. The van der Waals surface area contributed by atoms with Crippen LogP contribution in [0.2, 0.25) is 0 Å². The zero-order valence-electron chi connectivity index (χ0n) is 22.6. The highest BCUT2D eigenvalue weighted by molar-refractivity contribution is 5.82. The molecule has 200 valence electrons. The van der Waals surface area contributed by atoms with Gasteiger partial charge in [-0.05, 0) is 72.7 Å². The number of hydrogen-bond acceptors (Lipinski definition) is 7. The summed E-state index contributed by atoms with van der Waals surface area (Å²) < 4.78 is 13.4. The third-order valence-corrected chi connectivity index (χ3v) is 7.40. The van der Waals surface area contributed by atoms with Crippen molar-refractivity contribution in [3.63, 3.8) is 0 Å². The second-order valence-electron chi connectivity index (χ2n) is 10.2. The summed E-state index contributed by atoms with van der Waals surface area (Å²) in [6.07, 6.45) is 2.95. The Labute approximate surface area is 222 Å². The molecule has 1 N–H and O–H groups in total. The van der Waals surface area contributed by atoms with Gasteiger partial charge in [-0.3, -0.25) is 9.69 Å². The first kappa shape index (κ1) is 26.1. The van der Waals surface area contributed by atoms with E-state index in [2.05, 4.69) is 57.5 Å². The van der Waals surface area contributed by atoms with E-state index in [1.807, 2.05) is 35.9 Å². The molecule has 1 aliphatic heterocycles. The number of para-hydroxylation sites is 1. The van der Waals surface area contributed by atoms with Crippen LogP contribution in [0.25, 0.3) is 10.9 Å². The van der Waals surface area contributed by atoms with Gasteiger partial charge in [0.25, 0.3) is 5.56 Å². The molecule has 1 aliphatic rings. The predicted molar refractivity (Wildman–Crippen MR) is 146 cm³/mol. The van der Waals surface area contributed by atoms with Gasteiger partial charge in [0, 0.05) is 30.8 Å². The minimum absolute atomic E-state index is 0.0803. The van der Waals surface area contributed by atoms with E-state index >= 15 is 0 Å². The molecular weight excluding hydrogens is 480 g/mol. The van der Waals surface area contributed by atoms with E-state index in [1.54, 1.807) is 7.11 Å². The molecule has 38 heavy (non-hydrogen) atoms. The number of hydrogen-bond donors (Lipinski definition) is 1. The van der Waals surface area contributed by atoms with Crippen LogP contribution >= 0.6 is 0 Å². The van der Waals surface area contributed by atoms with E-state index in [4.69, 9.17) is 9.47 Å². The Bertz CT molecular complexity index is 1460. The van der Waals surface area contributed by atoms with Crippen molar-refractivity contribution in [1.82, 2.24) is 30.1 Å². The fourth-order valence-corrected chi connectivity index (χ4v) is 5.56. The topological polar surface area (TPSA) is 98.2 Å². The van der Waals surface area contributed by atoms with Crippen molar-refractivity contribution in [3.05, 3.63) is 80.9 Å². The molecule has 3 heterocycles. The maximum absolute atomic E-state index is 13.3. The van der Waals surface area contributed by atoms with Crippen molar-refractivity contribution in [2.24, 2.45) is 0 Å². The van der Waals surface area contributed by atoms with Gasteiger partial charge in [-0.2, -0.15) is 0 Å². The summed E-state index contributed by atoms with van der Waals surface area (Å²) in [5.74, 6) is 1.59. The molecule has 0 unspecified atom stereocenters. The number of H-pyrrole nitrogens is 1. The number of nitrogens with zero attached hydrogens (tertiary/aromatic N) is 5. The molecule has 2 aromatic heterocycles. The maximum atomic E-state index is 13.3. The van der Waals surface area contributed by atoms with Gasteiger partial charge in [-0.15, -0.1) is 5.10 Å². The average molecular weight is 517 g/mol. The van der Waals surface area contributed by atoms with Crippen LogP contribution in [0.4, 0.5) is 0 Å². The van der Waals surface area contributed by atoms with Crippen LogP contribution in [0.15, 0.2) is 47.3 Å². The fraction of sp³-hybridized carbons (Fsp3) is 0.448. The maximum Gasteiger partial charge on any atom is 0.252 e. The van der Waals surface area contributed by atoms with Crippen molar-refractivity contribution >= 4 is 10.9 Å². The van der Waals surface area contributed by atoms with Gasteiger partial charge in [0.05, 0.1) is 31.3 Å². The lowest BCUT2D eigenvalue weighted by atomic mass is 10.0. The smallest absolute Gasteiger partial charge is 0.252 e. The Kier molecular flexibility index (Phi) is 7.85. The Balaban J connectivity index is 1.54. The summed E-state index contributed by atoms with van der Waals surface area (Å²) in [6, 6.07) is 14.1. The number of aryl methyl sites for hydroxylation is 2. The molecule has 0 spiro atoms. The number of rotatable bonds is 10. The van der Waals surface area contributed by atoms with Crippen LogP contribution < -0.4 is 10.3 Å². The standard InChI is InChI=1S/C29H36N6O3/c1-5-25(28-31-32-33-35(28)18-24-10-8-12-38-24)34(16-21-9-6-7-11-26(21)37-4)17-23-15-22-14-19(2)13-20(3)27(22)30-29(23)36/h6-7,9,11,13-15,24-25H,5,8,10,12,16-18H2,1-4H3,(H,30,36)/t24-,25+/m0/s1. The Morgan fingerprint density at radius 1 is 1.18 bits per heavy atom. The van der Waals surface area contributed by atoms with E-state index in [0.717, 1.165) is 59.5 Å². The predicted octanol–water partition coefficient (Wildman–Crippen LogP) is 4.47. The van der Waals surface area contributed by atoms with Crippen LogP contribution in [0.3, 0.4) is 0 Å². The quantitative estimate of drug-likeness (QED) is 0.332. The van der Waals surface area contributed by atoms with Crippen LogP contribution in [0.1, 0.15) is 60.3 Å². The van der Waals surface area contributed by atoms with Crippen molar-refractivity contribution in [3.8, 4) is 5.75 Å². The molecule has 4 aromatic rings. The Morgan fingerprint density at radius 2 is 2.00 bits per heavy atom. The van der Waals surface area contributed by atoms with Crippen LogP contribution in [0, 0.1) is 13.8 Å². The number of ether oxygens (including phenoxy) is 2. The molecule has 9 heteroatoms. The first-order valence-corrected chi connectivity index (χ1v) is 13.3. The number of nitrogens with one attached hydrogen (secondary N) is 1. The molecular formula is C29H36N6O3. The minimum atomic E-state index is -0.120. The van der Waals surface area contributed by atoms with Gasteiger partial charge in [-0.25, -0.2) is 4.68 Å². The number of pyridine rings is 1. The molecule has 1 fully saturated rings. The molecule has 5 rings (SSSR count). The lowest BCUT2D eigenvalue weighted by Crippen LogP contribution is -2.33. The molecule has 9 nitrogen and oxygen atoms in total. The monoisotopic (exact) mass is 516 g/mol. The van der Waals surface area contributed by atoms with Gasteiger partial charge < -0.3 is 14.5 Å². The summed E-state index contributed by atoms with van der Waals surface area (Å²) in [5.41, 5.74) is 4.77. The molecule has 2 aromatic carbocycles. The summed E-state index contributed by atoms with van der Waals surface area (Å²) in [7, 11) is 1.68. The summed E-state index contributed by atoms with van der Waals surface area (Å²) in [6.45, 7) is 8.63. The third-order valence-electron chi connectivity index (χ3n) is 7.40. The molecule has 0 bridgehead atoms. The number of tetrazole rings is 1. The zero-order valence-corrected chi connectivity index (χ0v) is 22.6. The lowest BCUT2D eigenvalue weighted by molar-refractivity contribution is 0.0887. The highest BCUT2D eigenvalue weighted by Gasteiger charge is 2.28. The lowest BCUT2D eigenvalue weighted by Gasteiger charge is -2.31. The molecule has 0 aliphatic carbocycles. The van der Waals surface area contributed by atoms with Gasteiger partial charge in [0.15, 0.2) is 5.82 Å². The summed E-state index contributed by atoms with van der Waals surface area (Å²) >= 11 is 0. The van der Waals surface area contributed by atoms with Gasteiger partial charge >= 0.3 is 0 Å².